The maximum atomic E-state index is 14.8. The molecule has 2 aliphatic heterocycles. The standard InChI is InChI=1S/C26H25FN2O5/c1-3-26(33)17-8-20-23-15(10-29(20)24(31)16(17)11-34-25(26)32)21-13(6-7-30)4-5-14-12(2)18(27)9-19(28-23)22(14)21/h8-9,13,30,33H,3-7,10-11H2,1-2H3/t13?,26-/m0/s1. The van der Waals surface area contributed by atoms with E-state index in [0.29, 0.717) is 41.9 Å². The molecule has 176 valence electrons. The van der Waals surface area contributed by atoms with E-state index in [1.165, 1.54) is 6.07 Å². The highest BCUT2D eigenvalue weighted by molar-refractivity contribution is 5.93. The molecule has 34 heavy (non-hydrogen) atoms. The summed E-state index contributed by atoms with van der Waals surface area (Å²) in [5, 5.41) is 21.7. The van der Waals surface area contributed by atoms with Crippen LogP contribution in [0.5, 0.6) is 0 Å². The first-order valence-electron chi connectivity index (χ1n) is 11.7. The monoisotopic (exact) mass is 464 g/mol. The minimum Gasteiger partial charge on any atom is -0.458 e. The van der Waals surface area contributed by atoms with Crippen LogP contribution in [0.25, 0.3) is 22.3 Å². The second-order valence-electron chi connectivity index (χ2n) is 9.56. The zero-order chi connectivity index (χ0) is 23.9. The van der Waals surface area contributed by atoms with Crippen LogP contribution in [0.3, 0.4) is 0 Å². The van der Waals surface area contributed by atoms with E-state index in [1.807, 2.05) is 0 Å². The van der Waals surface area contributed by atoms with E-state index in [9.17, 15) is 24.2 Å². The molecule has 7 nitrogen and oxygen atoms in total. The number of rotatable bonds is 3. The number of cyclic esters (lactones) is 1. The summed E-state index contributed by atoms with van der Waals surface area (Å²) in [5.41, 5.74) is 3.39. The SMILES string of the molecule is CC[C@@]1(O)C(=O)OCc2c1cc1n(c2=O)Cc2c-1nc1cc(F)c(C)c3c1c2C(CCO)CC3. The third kappa shape index (κ3) is 2.61. The molecule has 3 aromatic rings. The predicted molar refractivity (Wildman–Crippen MR) is 122 cm³/mol. The van der Waals surface area contributed by atoms with Crippen LogP contribution in [0.2, 0.25) is 0 Å². The summed E-state index contributed by atoms with van der Waals surface area (Å²) in [7, 11) is 0. The molecule has 0 saturated heterocycles. The Labute approximate surface area is 194 Å². The summed E-state index contributed by atoms with van der Waals surface area (Å²) in [6.45, 7) is 3.59. The highest BCUT2D eigenvalue weighted by Gasteiger charge is 2.45. The van der Waals surface area contributed by atoms with Gasteiger partial charge in [-0.15, -0.1) is 0 Å². The number of pyridine rings is 2. The van der Waals surface area contributed by atoms with Gasteiger partial charge in [0.05, 0.1) is 29.0 Å². The van der Waals surface area contributed by atoms with Crippen molar-refractivity contribution in [3.05, 3.63) is 61.7 Å². The lowest BCUT2D eigenvalue weighted by Gasteiger charge is -2.31. The zero-order valence-corrected chi connectivity index (χ0v) is 19.1. The number of esters is 1. The first-order chi connectivity index (χ1) is 16.3. The van der Waals surface area contributed by atoms with Crippen molar-refractivity contribution >= 4 is 16.9 Å². The number of ether oxygens (including phenoxy) is 1. The molecule has 2 N–H and O–H groups in total. The van der Waals surface area contributed by atoms with Gasteiger partial charge < -0.3 is 19.5 Å². The summed E-state index contributed by atoms with van der Waals surface area (Å²) >= 11 is 0. The van der Waals surface area contributed by atoms with Gasteiger partial charge in [-0.3, -0.25) is 4.79 Å². The third-order valence-electron chi connectivity index (χ3n) is 7.98. The number of aromatic nitrogens is 2. The number of carbonyl (C=O) groups is 1. The van der Waals surface area contributed by atoms with Crippen LogP contribution in [-0.2, 0) is 34.7 Å². The maximum Gasteiger partial charge on any atom is 0.343 e. The molecule has 0 amide bonds. The molecule has 2 atom stereocenters. The van der Waals surface area contributed by atoms with Crippen LogP contribution in [0, 0.1) is 12.7 Å². The minimum absolute atomic E-state index is 0.0307. The topological polar surface area (TPSA) is 102 Å². The summed E-state index contributed by atoms with van der Waals surface area (Å²) < 4.78 is 21.6. The van der Waals surface area contributed by atoms with Crippen LogP contribution in [0.1, 0.15) is 65.5 Å². The average molecular weight is 464 g/mol. The first-order valence-corrected chi connectivity index (χ1v) is 11.7. The molecule has 1 aromatic carbocycles. The number of aliphatic hydroxyl groups excluding tert-OH is 1. The third-order valence-corrected chi connectivity index (χ3v) is 7.98. The van der Waals surface area contributed by atoms with Crippen molar-refractivity contribution in [3.63, 3.8) is 0 Å². The van der Waals surface area contributed by atoms with E-state index in [1.54, 1.807) is 24.5 Å². The summed E-state index contributed by atoms with van der Waals surface area (Å²) in [4.78, 5) is 30.7. The Hall–Kier alpha value is -3.10. The van der Waals surface area contributed by atoms with E-state index in [4.69, 9.17) is 9.72 Å². The molecule has 8 heteroatoms. The molecule has 0 saturated carbocycles. The molecule has 0 radical (unpaired) electrons. The van der Waals surface area contributed by atoms with Gasteiger partial charge in [-0.1, -0.05) is 6.92 Å². The molecular weight excluding hydrogens is 439 g/mol. The number of aliphatic hydroxyl groups is 2. The molecule has 2 aromatic heterocycles. The lowest BCUT2D eigenvalue weighted by atomic mass is 9.77. The molecule has 1 unspecified atom stereocenters. The maximum absolute atomic E-state index is 14.8. The van der Waals surface area contributed by atoms with Gasteiger partial charge in [0.15, 0.2) is 5.60 Å². The van der Waals surface area contributed by atoms with Gasteiger partial charge in [-0.25, -0.2) is 14.2 Å². The number of carbonyl (C=O) groups excluding carboxylic acids is 1. The number of hydrogen-bond acceptors (Lipinski definition) is 6. The van der Waals surface area contributed by atoms with E-state index in [2.05, 4.69) is 0 Å². The van der Waals surface area contributed by atoms with Crippen molar-refractivity contribution in [2.45, 2.75) is 64.2 Å². The molecule has 1 aliphatic carbocycles. The highest BCUT2D eigenvalue weighted by Crippen LogP contribution is 2.47. The van der Waals surface area contributed by atoms with Crippen molar-refractivity contribution in [1.29, 1.82) is 0 Å². The van der Waals surface area contributed by atoms with Gasteiger partial charge >= 0.3 is 5.97 Å². The van der Waals surface area contributed by atoms with Gasteiger partial charge in [-0.05, 0) is 61.3 Å². The number of halogens is 1. The quantitative estimate of drug-likeness (QED) is 0.452. The Morgan fingerprint density at radius 2 is 2.06 bits per heavy atom. The van der Waals surface area contributed by atoms with Crippen molar-refractivity contribution in [2.24, 2.45) is 0 Å². The number of fused-ring (bicyclic) bond motifs is 5. The lowest BCUT2D eigenvalue weighted by molar-refractivity contribution is -0.172. The Balaban J connectivity index is 1.69. The van der Waals surface area contributed by atoms with E-state index in [-0.39, 0.29) is 48.1 Å². The highest BCUT2D eigenvalue weighted by atomic mass is 19.1. The van der Waals surface area contributed by atoms with Crippen LogP contribution in [-0.4, -0.2) is 32.3 Å². The fourth-order valence-corrected chi connectivity index (χ4v) is 6.10. The van der Waals surface area contributed by atoms with Crippen molar-refractivity contribution in [2.75, 3.05) is 6.61 Å². The molecule has 6 rings (SSSR count). The summed E-state index contributed by atoms with van der Waals surface area (Å²) in [5.74, 6) is -1.01. The number of aryl methyl sites for hydroxylation is 1. The minimum atomic E-state index is -1.90. The molecular formula is C26H25FN2O5. The summed E-state index contributed by atoms with van der Waals surface area (Å²) in [6.07, 6.45) is 2.13. The van der Waals surface area contributed by atoms with E-state index in [0.717, 1.165) is 28.5 Å². The van der Waals surface area contributed by atoms with Crippen molar-refractivity contribution < 1.29 is 24.1 Å². The van der Waals surface area contributed by atoms with Gasteiger partial charge in [-0.2, -0.15) is 0 Å². The van der Waals surface area contributed by atoms with Gasteiger partial charge in [0.1, 0.15) is 12.4 Å². The molecule has 0 spiro atoms. The first kappa shape index (κ1) is 21.4. The Bertz CT molecular complexity index is 1480. The van der Waals surface area contributed by atoms with Gasteiger partial charge in [0, 0.05) is 29.2 Å². The Kier molecular flexibility index (Phi) is 4.54. The van der Waals surface area contributed by atoms with Crippen LogP contribution in [0.4, 0.5) is 4.39 Å². The van der Waals surface area contributed by atoms with Gasteiger partial charge in [0.2, 0.25) is 0 Å². The predicted octanol–water partition coefficient (Wildman–Crippen LogP) is 2.94. The van der Waals surface area contributed by atoms with Crippen molar-refractivity contribution in [1.82, 2.24) is 9.55 Å². The van der Waals surface area contributed by atoms with E-state index < -0.39 is 11.6 Å². The second-order valence-corrected chi connectivity index (χ2v) is 9.56. The molecule has 0 fully saturated rings. The Morgan fingerprint density at radius 3 is 2.79 bits per heavy atom. The summed E-state index contributed by atoms with van der Waals surface area (Å²) in [6, 6.07) is 3.12. The van der Waals surface area contributed by atoms with Crippen LogP contribution < -0.4 is 5.56 Å². The zero-order valence-electron chi connectivity index (χ0n) is 19.1. The number of benzene rings is 1. The fourth-order valence-electron chi connectivity index (χ4n) is 6.10. The van der Waals surface area contributed by atoms with E-state index >= 15 is 0 Å². The smallest absolute Gasteiger partial charge is 0.343 e. The molecule has 0 bridgehead atoms. The van der Waals surface area contributed by atoms with Gasteiger partial charge in [0.25, 0.3) is 5.56 Å². The number of hydrogen-bond donors (Lipinski definition) is 2. The van der Waals surface area contributed by atoms with Crippen LogP contribution >= 0.6 is 0 Å². The molecule has 3 aliphatic rings. The average Bonchev–Trinajstić information content (AvgIpc) is 3.19. The Morgan fingerprint density at radius 1 is 1.26 bits per heavy atom. The second kappa shape index (κ2) is 7.20. The fraction of sp³-hybridized carbons (Fsp3) is 0.423. The number of nitrogens with zero attached hydrogens (tertiary/aromatic N) is 2. The lowest BCUT2D eigenvalue weighted by Crippen LogP contribution is -2.44. The van der Waals surface area contributed by atoms with Crippen LogP contribution in [0.15, 0.2) is 16.9 Å². The largest absolute Gasteiger partial charge is 0.458 e. The normalized spacial score (nSPS) is 22.4. The van der Waals surface area contributed by atoms with Crippen molar-refractivity contribution in [3.8, 4) is 11.4 Å². The molecule has 4 heterocycles.